The van der Waals surface area contributed by atoms with Gasteiger partial charge in [0.15, 0.2) is 17.5 Å². The number of benzene rings is 5. The van der Waals surface area contributed by atoms with Crippen LogP contribution in [-0.4, -0.2) is 15.0 Å². The molecule has 0 radical (unpaired) electrons. The molecular weight excluding hydrogens is 518 g/mol. The highest BCUT2D eigenvalue weighted by Crippen LogP contribution is 2.31. The van der Waals surface area contributed by atoms with Gasteiger partial charge in [-0.25, -0.2) is 15.0 Å². The molecule has 176 valence electrons. The fraction of sp³-hybridized carbons (Fsp3) is 0. The van der Waals surface area contributed by atoms with Gasteiger partial charge in [-0.15, -0.1) is 0 Å². The maximum atomic E-state index is 4.90. The monoisotopic (exact) mass is 539 g/mol. The summed E-state index contributed by atoms with van der Waals surface area (Å²) in [5.74, 6) is 1.91. The Hall–Kier alpha value is -4.41. The van der Waals surface area contributed by atoms with Gasteiger partial charge in [0, 0.05) is 21.2 Å². The highest BCUT2D eigenvalue weighted by molar-refractivity contribution is 9.10. The second-order valence-electron chi connectivity index (χ2n) is 8.67. The molecule has 3 nitrogen and oxygen atoms in total. The molecule has 0 fully saturated rings. The minimum Gasteiger partial charge on any atom is -0.208 e. The normalized spacial score (nSPS) is 10.8. The summed E-state index contributed by atoms with van der Waals surface area (Å²) in [7, 11) is 0. The highest BCUT2D eigenvalue weighted by Gasteiger charge is 2.14. The first kappa shape index (κ1) is 23.0. The topological polar surface area (TPSA) is 38.7 Å². The van der Waals surface area contributed by atoms with Gasteiger partial charge >= 0.3 is 0 Å². The molecule has 4 heteroatoms. The summed E-state index contributed by atoms with van der Waals surface area (Å²) >= 11 is 3.67. The minimum atomic E-state index is 0.631. The Morgan fingerprint density at radius 3 is 1.14 bits per heavy atom. The predicted octanol–water partition coefficient (Wildman–Crippen LogP) is 8.97. The van der Waals surface area contributed by atoms with E-state index < -0.39 is 0 Å². The van der Waals surface area contributed by atoms with E-state index in [9.17, 15) is 0 Å². The first-order chi connectivity index (χ1) is 18.2. The summed E-state index contributed by atoms with van der Waals surface area (Å²) in [6.07, 6.45) is 0. The van der Waals surface area contributed by atoms with Crippen molar-refractivity contribution in [2.24, 2.45) is 0 Å². The zero-order valence-electron chi connectivity index (χ0n) is 19.9. The molecule has 0 saturated heterocycles. The van der Waals surface area contributed by atoms with Gasteiger partial charge in [0.2, 0.25) is 0 Å². The molecule has 0 N–H and O–H groups in total. The summed E-state index contributed by atoms with van der Waals surface area (Å²) in [6, 6.07) is 45.4. The summed E-state index contributed by atoms with van der Waals surface area (Å²) in [6.45, 7) is 0. The van der Waals surface area contributed by atoms with Gasteiger partial charge in [-0.3, -0.25) is 0 Å². The third-order valence-corrected chi connectivity index (χ3v) is 6.94. The van der Waals surface area contributed by atoms with E-state index in [4.69, 9.17) is 15.0 Å². The van der Waals surface area contributed by atoms with Crippen LogP contribution in [0.2, 0.25) is 0 Å². The molecule has 0 saturated carbocycles. The van der Waals surface area contributed by atoms with Crippen LogP contribution in [0.15, 0.2) is 138 Å². The SMILES string of the molecule is Brc1ccccc1-c1nc(-c2ccc(-c3ccccc3)cc2)nc(-c2ccc(-c3ccccc3)cc2)n1. The van der Waals surface area contributed by atoms with E-state index in [1.54, 1.807) is 0 Å². The zero-order valence-corrected chi connectivity index (χ0v) is 21.5. The molecule has 1 aromatic heterocycles. The second kappa shape index (κ2) is 10.3. The molecular formula is C33H22BrN3. The third kappa shape index (κ3) is 4.97. The van der Waals surface area contributed by atoms with Crippen LogP contribution in [0.25, 0.3) is 56.4 Å². The van der Waals surface area contributed by atoms with Crippen LogP contribution < -0.4 is 0 Å². The molecule has 0 aliphatic heterocycles. The lowest BCUT2D eigenvalue weighted by atomic mass is 10.0. The molecule has 5 aromatic carbocycles. The van der Waals surface area contributed by atoms with E-state index >= 15 is 0 Å². The lowest BCUT2D eigenvalue weighted by Crippen LogP contribution is -2.00. The summed E-state index contributed by atoms with van der Waals surface area (Å²) in [4.78, 5) is 14.6. The predicted molar refractivity (Wildman–Crippen MR) is 155 cm³/mol. The van der Waals surface area contributed by atoms with E-state index in [1.165, 1.54) is 11.1 Å². The van der Waals surface area contributed by atoms with Crippen LogP contribution in [0, 0.1) is 0 Å². The number of nitrogens with zero attached hydrogens (tertiary/aromatic N) is 3. The maximum absolute atomic E-state index is 4.90. The quantitative estimate of drug-likeness (QED) is 0.219. The van der Waals surface area contributed by atoms with E-state index in [2.05, 4.69) is 113 Å². The minimum absolute atomic E-state index is 0.631. The maximum Gasteiger partial charge on any atom is 0.165 e. The van der Waals surface area contributed by atoms with Gasteiger partial charge in [0.1, 0.15) is 0 Å². The molecule has 0 atom stereocenters. The summed E-state index contributed by atoms with van der Waals surface area (Å²) < 4.78 is 0.942. The van der Waals surface area contributed by atoms with E-state index in [0.29, 0.717) is 17.5 Å². The van der Waals surface area contributed by atoms with Crippen molar-refractivity contribution in [3.8, 4) is 56.4 Å². The molecule has 0 spiro atoms. The Bertz CT molecular complexity index is 1550. The lowest BCUT2D eigenvalue weighted by molar-refractivity contribution is 1.07. The first-order valence-electron chi connectivity index (χ1n) is 12.1. The van der Waals surface area contributed by atoms with Gasteiger partial charge in [0.05, 0.1) is 0 Å². The molecule has 6 rings (SSSR count). The third-order valence-electron chi connectivity index (χ3n) is 6.25. The molecule has 1 heterocycles. The molecule has 0 unspecified atom stereocenters. The fourth-order valence-corrected chi connectivity index (χ4v) is 4.74. The largest absolute Gasteiger partial charge is 0.208 e. The van der Waals surface area contributed by atoms with Crippen LogP contribution in [-0.2, 0) is 0 Å². The molecule has 0 amide bonds. The smallest absolute Gasteiger partial charge is 0.165 e. The van der Waals surface area contributed by atoms with Crippen molar-refractivity contribution in [3.63, 3.8) is 0 Å². The average Bonchev–Trinajstić information content (AvgIpc) is 2.98. The van der Waals surface area contributed by atoms with E-state index in [0.717, 1.165) is 32.3 Å². The van der Waals surface area contributed by atoms with Crippen LogP contribution in [0.3, 0.4) is 0 Å². The average molecular weight is 540 g/mol. The Morgan fingerprint density at radius 1 is 0.324 bits per heavy atom. The molecule has 0 bridgehead atoms. The van der Waals surface area contributed by atoms with Crippen LogP contribution >= 0.6 is 15.9 Å². The standard InChI is InChI=1S/C33H22BrN3/c34-30-14-8-7-13-29(30)33-36-31(27-19-15-25(16-20-27)23-9-3-1-4-10-23)35-32(37-33)28-21-17-26(18-22-28)24-11-5-2-6-12-24/h1-22H. The van der Waals surface area contributed by atoms with Crippen molar-refractivity contribution in [2.75, 3.05) is 0 Å². The summed E-state index contributed by atoms with van der Waals surface area (Å²) in [5, 5.41) is 0. The van der Waals surface area contributed by atoms with Crippen molar-refractivity contribution in [1.29, 1.82) is 0 Å². The first-order valence-corrected chi connectivity index (χ1v) is 12.9. The zero-order chi connectivity index (χ0) is 25.0. The Kier molecular flexibility index (Phi) is 6.40. The number of hydrogen-bond acceptors (Lipinski definition) is 3. The van der Waals surface area contributed by atoms with Gasteiger partial charge in [0.25, 0.3) is 0 Å². The second-order valence-corrected chi connectivity index (χ2v) is 9.53. The number of halogens is 1. The molecule has 6 aromatic rings. The number of aromatic nitrogens is 3. The van der Waals surface area contributed by atoms with Gasteiger partial charge in [-0.1, -0.05) is 143 Å². The molecule has 0 aliphatic carbocycles. The summed E-state index contributed by atoms with van der Waals surface area (Å²) in [5.41, 5.74) is 7.47. The van der Waals surface area contributed by atoms with Crippen molar-refractivity contribution in [2.45, 2.75) is 0 Å². The van der Waals surface area contributed by atoms with Gasteiger partial charge in [-0.05, 0) is 28.3 Å². The van der Waals surface area contributed by atoms with E-state index in [1.807, 2.05) is 36.4 Å². The molecule has 0 aliphatic rings. The van der Waals surface area contributed by atoms with Crippen LogP contribution in [0.5, 0.6) is 0 Å². The van der Waals surface area contributed by atoms with Crippen molar-refractivity contribution in [3.05, 3.63) is 138 Å². The Morgan fingerprint density at radius 2 is 0.676 bits per heavy atom. The fourth-order valence-electron chi connectivity index (χ4n) is 4.28. The van der Waals surface area contributed by atoms with Crippen LogP contribution in [0.4, 0.5) is 0 Å². The van der Waals surface area contributed by atoms with Crippen molar-refractivity contribution in [1.82, 2.24) is 15.0 Å². The lowest BCUT2D eigenvalue weighted by Gasteiger charge is -2.10. The number of hydrogen-bond donors (Lipinski definition) is 0. The van der Waals surface area contributed by atoms with E-state index in [-0.39, 0.29) is 0 Å². The number of rotatable bonds is 5. The van der Waals surface area contributed by atoms with Gasteiger partial charge in [-0.2, -0.15) is 0 Å². The van der Waals surface area contributed by atoms with Crippen LogP contribution in [0.1, 0.15) is 0 Å². The van der Waals surface area contributed by atoms with Crippen molar-refractivity contribution >= 4 is 15.9 Å². The van der Waals surface area contributed by atoms with Gasteiger partial charge < -0.3 is 0 Å². The Balaban J connectivity index is 1.43. The molecule has 37 heavy (non-hydrogen) atoms. The van der Waals surface area contributed by atoms with Crippen molar-refractivity contribution < 1.29 is 0 Å². The Labute approximate surface area is 224 Å². The highest BCUT2D eigenvalue weighted by atomic mass is 79.9.